The molecule has 2 aromatic rings. The summed E-state index contributed by atoms with van der Waals surface area (Å²) in [7, 11) is 0. The molecule has 4 rings (SSSR count). The highest BCUT2D eigenvalue weighted by atomic mass is 19.4. The summed E-state index contributed by atoms with van der Waals surface area (Å²) in [6.45, 7) is 12.8. The normalized spacial score (nSPS) is 28.7. The number of piperidine rings is 1. The highest BCUT2D eigenvalue weighted by Gasteiger charge is 2.45. The van der Waals surface area contributed by atoms with Crippen LogP contribution in [-0.2, 0) is 6.18 Å². The summed E-state index contributed by atoms with van der Waals surface area (Å²) in [5.41, 5.74) is 1.88. The predicted molar refractivity (Wildman–Crippen MR) is 137 cm³/mol. The number of quaternary nitrogens is 1. The van der Waals surface area contributed by atoms with Gasteiger partial charge in [-0.1, -0.05) is 12.1 Å². The molecule has 202 valence electrons. The van der Waals surface area contributed by atoms with Gasteiger partial charge in [-0.3, -0.25) is 19.4 Å². The highest BCUT2D eigenvalue weighted by Crippen LogP contribution is 2.37. The number of aromatic nitrogens is 1. The van der Waals surface area contributed by atoms with Crippen molar-refractivity contribution in [3.05, 3.63) is 69.7 Å². The first-order chi connectivity index (χ1) is 17.2. The molecule has 2 aliphatic heterocycles. The van der Waals surface area contributed by atoms with Crippen molar-refractivity contribution in [1.82, 2.24) is 14.8 Å². The minimum Gasteiger partial charge on any atom is -0.625 e. The Hall–Kier alpha value is -2.33. The van der Waals surface area contributed by atoms with Gasteiger partial charge in [-0.2, -0.15) is 13.2 Å². The zero-order valence-corrected chi connectivity index (χ0v) is 22.3. The molecule has 1 amide bonds. The fourth-order valence-corrected chi connectivity index (χ4v) is 6.00. The number of carbonyl (C=O) groups excluding carboxylic acids is 1. The Morgan fingerprint density at radius 1 is 1.14 bits per heavy atom. The Bertz CT molecular complexity index is 1110. The largest absolute Gasteiger partial charge is 0.625 e. The third kappa shape index (κ3) is 5.46. The van der Waals surface area contributed by atoms with Crippen LogP contribution >= 0.6 is 0 Å². The van der Waals surface area contributed by atoms with E-state index in [-0.39, 0.29) is 30.7 Å². The van der Waals surface area contributed by atoms with E-state index in [1.54, 1.807) is 31.3 Å². The number of aryl methyl sites for hydroxylation is 2. The van der Waals surface area contributed by atoms with E-state index in [0.717, 1.165) is 42.9 Å². The van der Waals surface area contributed by atoms with Crippen LogP contribution in [0.15, 0.2) is 36.5 Å². The van der Waals surface area contributed by atoms with E-state index in [1.807, 2.05) is 13.8 Å². The minimum atomic E-state index is -4.34. The van der Waals surface area contributed by atoms with Crippen LogP contribution in [0.4, 0.5) is 13.2 Å². The molecule has 0 radical (unpaired) electrons. The van der Waals surface area contributed by atoms with Crippen molar-refractivity contribution >= 4 is 5.91 Å². The molecule has 2 fully saturated rings. The number of amides is 1. The van der Waals surface area contributed by atoms with Crippen LogP contribution in [0.2, 0.25) is 0 Å². The molecule has 0 spiro atoms. The number of nitrogens with zero attached hydrogens (tertiary/aromatic N) is 4. The second kappa shape index (κ2) is 10.1. The zero-order valence-electron chi connectivity index (χ0n) is 22.3. The third-order valence-corrected chi connectivity index (χ3v) is 8.62. The van der Waals surface area contributed by atoms with Crippen molar-refractivity contribution < 1.29 is 22.6 Å². The molecule has 2 atom stereocenters. The molecule has 9 heteroatoms. The Morgan fingerprint density at radius 2 is 1.76 bits per heavy atom. The number of alkyl halides is 3. The number of piperazine rings is 1. The van der Waals surface area contributed by atoms with Gasteiger partial charge < -0.3 is 5.21 Å². The van der Waals surface area contributed by atoms with Crippen LogP contribution in [0.25, 0.3) is 0 Å². The number of rotatable bonds is 4. The summed E-state index contributed by atoms with van der Waals surface area (Å²) in [6, 6.07) is 7.41. The Morgan fingerprint density at radius 3 is 2.30 bits per heavy atom. The number of hydrogen-bond acceptors (Lipinski definition) is 5. The van der Waals surface area contributed by atoms with Gasteiger partial charge in [0.1, 0.15) is 5.56 Å². The van der Waals surface area contributed by atoms with Crippen LogP contribution in [0.5, 0.6) is 0 Å². The summed E-state index contributed by atoms with van der Waals surface area (Å²) in [4.78, 5) is 22.3. The molecule has 1 aromatic carbocycles. The lowest BCUT2D eigenvalue weighted by Gasteiger charge is -2.55. The second-order valence-electron chi connectivity index (χ2n) is 11.1. The predicted octanol–water partition coefficient (Wildman–Crippen LogP) is 5.49. The van der Waals surface area contributed by atoms with E-state index in [2.05, 4.69) is 28.6 Å². The lowest BCUT2D eigenvalue weighted by Crippen LogP contribution is -2.65. The van der Waals surface area contributed by atoms with Crippen LogP contribution in [0.1, 0.15) is 72.4 Å². The van der Waals surface area contributed by atoms with Gasteiger partial charge in [0, 0.05) is 56.3 Å². The first-order valence-corrected chi connectivity index (χ1v) is 13.0. The fraction of sp³-hybridized carbons (Fsp3) is 0.571. The van der Waals surface area contributed by atoms with Gasteiger partial charge in [0.15, 0.2) is 0 Å². The average Bonchev–Trinajstić information content (AvgIpc) is 2.85. The number of hydrogen-bond donors (Lipinski definition) is 0. The quantitative estimate of drug-likeness (QED) is 0.396. The summed E-state index contributed by atoms with van der Waals surface area (Å²) in [5.74, 6) is -0.395. The van der Waals surface area contributed by atoms with Gasteiger partial charge in [0.05, 0.1) is 24.3 Å². The smallest absolute Gasteiger partial charge is 0.416 e. The highest BCUT2D eigenvalue weighted by molar-refractivity contribution is 5.91. The molecule has 0 aliphatic carbocycles. The van der Waals surface area contributed by atoms with Crippen molar-refractivity contribution in [2.75, 3.05) is 32.7 Å². The Balaban J connectivity index is 1.39. The third-order valence-electron chi connectivity index (χ3n) is 8.62. The van der Waals surface area contributed by atoms with Gasteiger partial charge in [-0.05, 0) is 63.9 Å². The molecule has 0 bridgehead atoms. The van der Waals surface area contributed by atoms with E-state index < -0.39 is 22.3 Å². The maximum Gasteiger partial charge on any atom is 0.416 e. The van der Waals surface area contributed by atoms with Crippen molar-refractivity contribution in [1.29, 1.82) is 0 Å². The SMILES string of the molecule is Cc1ccnc(C)c1C(=O)[N+]1([O-])CCC(C)(N2CCN([C@@H](C)c3ccc(C(F)(F)F)cc3)[C@@H](C)C2)CC1. The molecular weight excluding hydrogens is 481 g/mol. The summed E-state index contributed by atoms with van der Waals surface area (Å²) in [6.07, 6.45) is -1.43. The Kier molecular flexibility index (Phi) is 7.56. The maximum absolute atomic E-state index is 13.6. The van der Waals surface area contributed by atoms with E-state index in [9.17, 15) is 23.2 Å². The van der Waals surface area contributed by atoms with Crippen molar-refractivity contribution in [3.8, 4) is 0 Å². The molecule has 2 saturated heterocycles. The summed E-state index contributed by atoms with van der Waals surface area (Å²) >= 11 is 0. The molecule has 37 heavy (non-hydrogen) atoms. The van der Waals surface area contributed by atoms with Crippen molar-refractivity contribution in [3.63, 3.8) is 0 Å². The lowest BCUT2D eigenvalue weighted by atomic mass is 9.85. The molecule has 0 saturated carbocycles. The number of halogens is 3. The van der Waals surface area contributed by atoms with Crippen LogP contribution in [0.3, 0.4) is 0 Å². The first-order valence-electron chi connectivity index (χ1n) is 13.0. The maximum atomic E-state index is 13.6. The number of benzene rings is 1. The molecule has 6 nitrogen and oxygen atoms in total. The zero-order chi connectivity index (χ0) is 27.2. The molecule has 2 aliphatic rings. The van der Waals surface area contributed by atoms with Crippen LogP contribution < -0.4 is 0 Å². The van der Waals surface area contributed by atoms with Crippen molar-refractivity contribution in [2.24, 2.45) is 0 Å². The van der Waals surface area contributed by atoms with Gasteiger partial charge in [0.25, 0.3) is 0 Å². The standard InChI is InChI=1S/C28H37F3N4O2/c1-19-10-13-32-21(3)25(19)26(36)35(37)16-11-27(5,12-17-35)33-14-15-34(20(2)18-33)22(4)23-6-8-24(9-7-23)28(29,30)31/h6-10,13,20,22H,11-12,14-18H2,1-5H3/t20-,22-,27?,35?/m0/s1. The molecular formula is C28H37F3N4O2. The topological polar surface area (TPSA) is 59.5 Å². The number of hydroxylamine groups is 3. The van der Waals surface area contributed by atoms with E-state index in [1.165, 1.54) is 0 Å². The van der Waals surface area contributed by atoms with Gasteiger partial charge >= 0.3 is 12.1 Å². The average molecular weight is 519 g/mol. The summed E-state index contributed by atoms with van der Waals surface area (Å²) < 4.78 is 38.0. The monoisotopic (exact) mass is 518 g/mol. The van der Waals surface area contributed by atoms with Crippen LogP contribution in [-0.4, -0.2) is 69.6 Å². The molecule has 1 aromatic heterocycles. The summed E-state index contributed by atoms with van der Waals surface area (Å²) in [5, 5.41) is 13.6. The number of carbonyl (C=O) groups is 1. The molecule has 3 heterocycles. The van der Waals surface area contributed by atoms with E-state index in [0.29, 0.717) is 24.1 Å². The first kappa shape index (κ1) is 27.7. The number of likely N-dealkylation sites (tertiary alicyclic amines) is 1. The fourth-order valence-electron chi connectivity index (χ4n) is 6.00. The lowest BCUT2D eigenvalue weighted by molar-refractivity contribution is -0.806. The van der Waals surface area contributed by atoms with Gasteiger partial charge in [0.2, 0.25) is 0 Å². The second-order valence-corrected chi connectivity index (χ2v) is 11.1. The minimum absolute atomic E-state index is 0.00636. The number of pyridine rings is 1. The van der Waals surface area contributed by atoms with E-state index in [4.69, 9.17) is 0 Å². The van der Waals surface area contributed by atoms with Gasteiger partial charge in [-0.15, -0.1) is 0 Å². The van der Waals surface area contributed by atoms with Crippen LogP contribution in [0, 0.1) is 19.1 Å². The molecule has 0 N–H and O–H groups in total. The molecule has 0 unspecified atom stereocenters. The van der Waals surface area contributed by atoms with E-state index >= 15 is 0 Å². The Labute approximate surface area is 217 Å². The van der Waals surface area contributed by atoms with Crippen molar-refractivity contribution in [2.45, 2.75) is 71.3 Å². The van der Waals surface area contributed by atoms with Gasteiger partial charge in [-0.25, -0.2) is 4.79 Å².